The predicted octanol–water partition coefficient (Wildman–Crippen LogP) is 4.53. The van der Waals surface area contributed by atoms with E-state index in [2.05, 4.69) is 10.2 Å². The molecule has 1 aliphatic heterocycles. The minimum Gasteiger partial charge on any atom is -0.422 e. The van der Waals surface area contributed by atoms with Gasteiger partial charge < -0.3 is 8.83 Å². The average molecular weight is 397 g/mol. The molecule has 0 amide bonds. The number of aromatic nitrogens is 2. The lowest BCUT2D eigenvalue weighted by molar-refractivity contribution is 0.0989. The Kier molecular flexibility index (Phi) is 3.66. The van der Waals surface area contributed by atoms with E-state index in [9.17, 15) is 9.59 Å². The monoisotopic (exact) mass is 396 g/mol. The highest BCUT2D eigenvalue weighted by Crippen LogP contribution is 2.46. The molecule has 4 aromatic rings. The second kappa shape index (κ2) is 6.07. The van der Waals surface area contributed by atoms with E-state index in [0.717, 1.165) is 11.8 Å². The smallest absolute Gasteiger partial charge is 0.349 e. The lowest BCUT2D eigenvalue weighted by Gasteiger charge is -2.17. The third-order valence-electron chi connectivity index (χ3n) is 4.32. The maximum atomic E-state index is 13.3. The van der Waals surface area contributed by atoms with Crippen LogP contribution in [0.1, 0.15) is 21.2 Å². The maximum Gasteiger partial charge on any atom is 0.349 e. The Hall–Kier alpha value is -2.90. The van der Waals surface area contributed by atoms with Gasteiger partial charge in [-0.1, -0.05) is 29.8 Å². The van der Waals surface area contributed by atoms with E-state index in [1.807, 2.05) is 6.07 Å². The molecule has 0 spiro atoms. The summed E-state index contributed by atoms with van der Waals surface area (Å²) in [6, 6.07) is 13.7. The van der Waals surface area contributed by atoms with Crippen molar-refractivity contribution in [1.29, 1.82) is 0 Å². The molecule has 0 aliphatic carbocycles. The Morgan fingerprint density at radius 1 is 1.04 bits per heavy atom. The van der Waals surface area contributed by atoms with E-state index in [1.165, 1.54) is 0 Å². The Balaban J connectivity index is 1.80. The van der Waals surface area contributed by atoms with Crippen molar-refractivity contribution in [3.63, 3.8) is 0 Å². The van der Waals surface area contributed by atoms with Gasteiger partial charge in [-0.05, 0) is 42.1 Å². The number of nitrogens with zero attached hydrogens (tertiary/aromatic N) is 2. The van der Waals surface area contributed by atoms with Crippen molar-refractivity contribution in [1.82, 2.24) is 10.2 Å². The molecule has 2 aromatic carbocycles. The van der Waals surface area contributed by atoms with Crippen LogP contribution in [0.5, 0.6) is 0 Å². The molecule has 1 aliphatic rings. The number of carbonyl (C=O) groups is 1. The zero-order chi connectivity index (χ0) is 18.5. The van der Waals surface area contributed by atoms with Gasteiger partial charge in [0, 0.05) is 21.5 Å². The Labute approximate surface area is 161 Å². The van der Waals surface area contributed by atoms with Crippen LogP contribution in [-0.4, -0.2) is 16.0 Å². The van der Waals surface area contributed by atoms with Gasteiger partial charge >= 0.3 is 5.63 Å². The Bertz CT molecular complexity index is 1260. The van der Waals surface area contributed by atoms with Crippen molar-refractivity contribution in [2.45, 2.75) is 10.5 Å². The lowest BCUT2D eigenvalue weighted by atomic mass is 9.96. The summed E-state index contributed by atoms with van der Waals surface area (Å²) in [4.78, 5) is 26.0. The number of carbonyl (C=O) groups excluding carboxylic acids is 1. The molecular formula is C19H9ClN2O4S. The van der Waals surface area contributed by atoms with Crippen LogP contribution in [0.25, 0.3) is 22.4 Å². The van der Waals surface area contributed by atoms with Gasteiger partial charge in [-0.3, -0.25) is 4.79 Å². The van der Waals surface area contributed by atoms with Crippen LogP contribution in [0.4, 0.5) is 0 Å². The van der Waals surface area contributed by atoms with E-state index < -0.39 is 10.9 Å². The molecule has 6 nitrogen and oxygen atoms in total. The first-order chi connectivity index (χ1) is 13.1. The number of hydrogen-bond acceptors (Lipinski definition) is 7. The van der Waals surface area contributed by atoms with Crippen molar-refractivity contribution < 1.29 is 13.6 Å². The highest BCUT2D eigenvalue weighted by Gasteiger charge is 2.36. The molecule has 2 bridgehead atoms. The van der Waals surface area contributed by atoms with Crippen molar-refractivity contribution in [3.8, 4) is 11.5 Å². The van der Waals surface area contributed by atoms with E-state index in [0.29, 0.717) is 27.1 Å². The number of Topliss-reactive ketones (excluding diaryl/α,β-unsaturated/α-hetero) is 1. The fourth-order valence-corrected chi connectivity index (χ4v) is 4.27. The van der Waals surface area contributed by atoms with Gasteiger partial charge in [-0.25, -0.2) is 4.79 Å². The zero-order valence-electron chi connectivity index (χ0n) is 13.5. The second-order valence-electron chi connectivity index (χ2n) is 5.92. The molecule has 3 heterocycles. The van der Waals surface area contributed by atoms with Gasteiger partial charge in [0.2, 0.25) is 0 Å². The summed E-state index contributed by atoms with van der Waals surface area (Å²) in [7, 11) is 0. The highest BCUT2D eigenvalue weighted by molar-refractivity contribution is 8.00. The standard InChI is InChI=1S/C19H9ClN2O4S/c20-10-7-5-9(6-8-10)15(23)16-13-11-3-1-2-4-12(11)25-18(24)14(13)17-21-22-19(26-17)27-16/h1-8,16H. The summed E-state index contributed by atoms with van der Waals surface area (Å²) in [6.07, 6.45) is 0. The molecule has 2 aromatic heterocycles. The van der Waals surface area contributed by atoms with Crippen LogP contribution in [0, 0.1) is 0 Å². The summed E-state index contributed by atoms with van der Waals surface area (Å²) in [5.41, 5.74) is 0.909. The van der Waals surface area contributed by atoms with Gasteiger partial charge in [0.15, 0.2) is 5.78 Å². The van der Waals surface area contributed by atoms with Crippen molar-refractivity contribution in [2.75, 3.05) is 0 Å². The highest BCUT2D eigenvalue weighted by atomic mass is 35.5. The topological polar surface area (TPSA) is 86.2 Å². The molecule has 8 heteroatoms. The van der Waals surface area contributed by atoms with Crippen LogP contribution in [0.2, 0.25) is 5.02 Å². The van der Waals surface area contributed by atoms with Gasteiger partial charge in [0.05, 0.1) is 0 Å². The number of halogens is 1. The number of hydrogen-bond donors (Lipinski definition) is 0. The first kappa shape index (κ1) is 16.3. The van der Waals surface area contributed by atoms with E-state index in [4.69, 9.17) is 20.4 Å². The van der Waals surface area contributed by atoms with Gasteiger partial charge in [0.1, 0.15) is 16.4 Å². The summed E-state index contributed by atoms with van der Waals surface area (Å²) < 4.78 is 11.0. The van der Waals surface area contributed by atoms with Crippen molar-refractivity contribution in [3.05, 3.63) is 75.1 Å². The molecule has 5 rings (SSSR count). The molecule has 0 saturated carbocycles. The average Bonchev–Trinajstić information content (AvgIpc) is 3.05. The van der Waals surface area contributed by atoms with E-state index in [1.54, 1.807) is 42.5 Å². The number of ketones is 1. The van der Waals surface area contributed by atoms with Gasteiger partial charge in [0.25, 0.3) is 11.1 Å². The summed E-state index contributed by atoms with van der Waals surface area (Å²) >= 11 is 7.05. The minimum atomic E-state index is -0.734. The number of thioether (sulfide) groups is 1. The maximum absolute atomic E-state index is 13.3. The summed E-state index contributed by atoms with van der Waals surface area (Å²) in [6.45, 7) is 0. The van der Waals surface area contributed by atoms with Gasteiger partial charge in [-0.15, -0.1) is 10.2 Å². The first-order valence-electron chi connectivity index (χ1n) is 7.98. The minimum absolute atomic E-state index is 0.0541. The van der Waals surface area contributed by atoms with Crippen LogP contribution >= 0.6 is 23.4 Å². The molecule has 0 N–H and O–H groups in total. The quantitative estimate of drug-likeness (QED) is 0.363. The summed E-state index contributed by atoms with van der Waals surface area (Å²) in [5.74, 6) is -0.133. The van der Waals surface area contributed by atoms with E-state index >= 15 is 0 Å². The normalized spacial score (nSPS) is 15.4. The lowest BCUT2D eigenvalue weighted by Crippen LogP contribution is -2.16. The Morgan fingerprint density at radius 2 is 1.81 bits per heavy atom. The van der Waals surface area contributed by atoms with Crippen LogP contribution in [0.15, 0.2) is 67.4 Å². The number of para-hydroxylation sites is 1. The molecule has 0 radical (unpaired) electrons. The third kappa shape index (κ3) is 2.58. The van der Waals surface area contributed by atoms with Crippen LogP contribution in [-0.2, 0) is 0 Å². The third-order valence-corrected chi connectivity index (χ3v) is 5.63. The fourth-order valence-electron chi connectivity index (χ4n) is 3.12. The second-order valence-corrected chi connectivity index (χ2v) is 7.41. The number of rotatable bonds is 2. The van der Waals surface area contributed by atoms with Crippen LogP contribution in [0.3, 0.4) is 0 Å². The first-order valence-corrected chi connectivity index (χ1v) is 9.23. The largest absolute Gasteiger partial charge is 0.422 e. The molecule has 132 valence electrons. The molecule has 1 unspecified atom stereocenters. The van der Waals surface area contributed by atoms with Crippen molar-refractivity contribution in [2.24, 2.45) is 0 Å². The van der Waals surface area contributed by atoms with Crippen molar-refractivity contribution >= 4 is 40.1 Å². The SMILES string of the molecule is O=C(c1ccc(Cl)cc1)C1Sc2nnc(o2)-c2c1c1ccccc1oc2=O. The molecule has 0 fully saturated rings. The summed E-state index contributed by atoms with van der Waals surface area (Å²) in [5, 5.41) is 8.51. The molecule has 1 atom stereocenters. The Morgan fingerprint density at radius 3 is 2.63 bits per heavy atom. The fraction of sp³-hybridized carbons (Fsp3) is 0.0526. The zero-order valence-corrected chi connectivity index (χ0v) is 15.1. The number of fused-ring (bicyclic) bond motifs is 6. The molecule has 27 heavy (non-hydrogen) atoms. The van der Waals surface area contributed by atoms with Crippen LogP contribution < -0.4 is 5.63 Å². The van der Waals surface area contributed by atoms with Gasteiger partial charge in [-0.2, -0.15) is 0 Å². The predicted molar refractivity (Wildman–Crippen MR) is 100 cm³/mol. The van der Waals surface area contributed by atoms with E-state index in [-0.39, 0.29) is 22.5 Å². The molecular weight excluding hydrogens is 388 g/mol. The molecule has 0 saturated heterocycles. The number of benzene rings is 2.